The number of carbonyl (C=O) groups is 1. The highest BCUT2D eigenvalue weighted by molar-refractivity contribution is 6.42. The fraction of sp³-hybridized carbons (Fsp3) is 0.462. The summed E-state index contributed by atoms with van der Waals surface area (Å²) < 4.78 is 5.43. The van der Waals surface area contributed by atoms with Gasteiger partial charge in [-0.25, -0.2) is 0 Å². The molecule has 4 nitrogen and oxygen atoms in total. The monoisotopic (exact) mass is 304 g/mol. The van der Waals surface area contributed by atoms with Crippen LogP contribution in [0.4, 0.5) is 0 Å². The maximum Gasteiger partial charge on any atom is 0.223 e. The zero-order chi connectivity index (χ0) is 14.3. The molecule has 0 aliphatic heterocycles. The van der Waals surface area contributed by atoms with E-state index in [1.165, 1.54) is 0 Å². The molecule has 1 aromatic carbocycles. The molecular formula is C13H18Cl2N2O2. The maximum absolute atomic E-state index is 11.5. The minimum absolute atomic E-state index is 0.0397. The third kappa shape index (κ3) is 6.14. The number of benzene rings is 1. The summed E-state index contributed by atoms with van der Waals surface area (Å²) in [6, 6.07) is 5.26. The molecule has 0 aliphatic rings. The van der Waals surface area contributed by atoms with Crippen LogP contribution in [-0.2, 0) is 4.79 Å². The Morgan fingerprint density at radius 1 is 1.37 bits per heavy atom. The number of nitrogens with one attached hydrogen (secondary N) is 2. The summed E-state index contributed by atoms with van der Waals surface area (Å²) in [5.74, 6) is 0.563. The lowest BCUT2D eigenvalue weighted by atomic mass is 10.3. The summed E-state index contributed by atoms with van der Waals surface area (Å²) in [7, 11) is 1.85. The van der Waals surface area contributed by atoms with E-state index in [2.05, 4.69) is 10.6 Å². The Morgan fingerprint density at radius 2 is 2.11 bits per heavy atom. The number of halogens is 2. The van der Waals surface area contributed by atoms with Crippen molar-refractivity contribution in [3.05, 3.63) is 28.2 Å². The molecule has 6 heteroatoms. The Kier molecular flexibility index (Phi) is 6.99. The Labute approximate surface area is 123 Å². The normalized spacial score (nSPS) is 12.0. The Balaban J connectivity index is 2.26. The van der Waals surface area contributed by atoms with Gasteiger partial charge < -0.3 is 15.4 Å². The SMILES string of the molecule is CNC(C)CNC(=O)CCOc1ccc(Cl)c(Cl)c1. The van der Waals surface area contributed by atoms with E-state index >= 15 is 0 Å². The Morgan fingerprint density at radius 3 is 2.74 bits per heavy atom. The number of ether oxygens (including phenoxy) is 1. The van der Waals surface area contributed by atoms with Crippen LogP contribution in [-0.4, -0.2) is 32.1 Å². The van der Waals surface area contributed by atoms with Crippen molar-refractivity contribution in [1.82, 2.24) is 10.6 Å². The molecule has 1 amide bonds. The largest absolute Gasteiger partial charge is 0.493 e. The van der Waals surface area contributed by atoms with E-state index in [0.717, 1.165) is 0 Å². The molecule has 0 saturated heterocycles. The summed E-state index contributed by atoms with van der Waals surface area (Å²) in [5, 5.41) is 6.77. The third-order valence-electron chi connectivity index (χ3n) is 2.59. The van der Waals surface area contributed by atoms with Crippen LogP contribution < -0.4 is 15.4 Å². The maximum atomic E-state index is 11.5. The Bertz CT molecular complexity index is 427. The van der Waals surface area contributed by atoms with Crippen molar-refractivity contribution >= 4 is 29.1 Å². The quantitative estimate of drug-likeness (QED) is 0.814. The minimum Gasteiger partial charge on any atom is -0.493 e. The molecule has 2 N–H and O–H groups in total. The van der Waals surface area contributed by atoms with Gasteiger partial charge in [-0.05, 0) is 26.1 Å². The molecule has 1 rings (SSSR count). The van der Waals surface area contributed by atoms with Crippen LogP contribution in [0.25, 0.3) is 0 Å². The van der Waals surface area contributed by atoms with Crippen LogP contribution in [0.15, 0.2) is 18.2 Å². The third-order valence-corrected chi connectivity index (χ3v) is 3.33. The lowest BCUT2D eigenvalue weighted by Crippen LogP contribution is -2.37. The number of amides is 1. The molecule has 19 heavy (non-hydrogen) atoms. The molecule has 0 saturated carbocycles. The van der Waals surface area contributed by atoms with E-state index in [4.69, 9.17) is 27.9 Å². The fourth-order valence-corrected chi connectivity index (χ4v) is 1.57. The molecule has 1 aromatic rings. The van der Waals surface area contributed by atoms with Crippen molar-refractivity contribution in [2.24, 2.45) is 0 Å². The van der Waals surface area contributed by atoms with Crippen molar-refractivity contribution in [1.29, 1.82) is 0 Å². The van der Waals surface area contributed by atoms with Crippen molar-refractivity contribution in [2.45, 2.75) is 19.4 Å². The molecule has 0 radical (unpaired) electrons. The van der Waals surface area contributed by atoms with E-state index < -0.39 is 0 Å². The van der Waals surface area contributed by atoms with Gasteiger partial charge in [-0.1, -0.05) is 23.2 Å². The fourth-order valence-electron chi connectivity index (χ4n) is 1.29. The average molecular weight is 305 g/mol. The van der Waals surface area contributed by atoms with Gasteiger partial charge in [-0.15, -0.1) is 0 Å². The summed E-state index contributed by atoms with van der Waals surface area (Å²) >= 11 is 11.6. The number of hydrogen-bond donors (Lipinski definition) is 2. The second-order valence-corrected chi connectivity index (χ2v) is 4.98. The summed E-state index contributed by atoms with van der Waals surface area (Å²) in [5.41, 5.74) is 0. The average Bonchev–Trinajstić information content (AvgIpc) is 2.40. The highest BCUT2D eigenvalue weighted by atomic mass is 35.5. The summed E-state index contributed by atoms with van der Waals surface area (Å²) in [4.78, 5) is 11.5. The summed E-state index contributed by atoms with van der Waals surface area (Å²) in [6.07, 6.45) is 0.302. The molecule has 0 bridgehead atoms. The second kappa shape index (κ2) is 8.25. The zero-order valence-corrected chi connectivity index (χ0v) is 12.5. The smallest absolute Gasteiger partial charge is 0.223 e. The van der Waals surface area contributed by atoms with Crippen molar-refractivity contribution in [3.63, 3.8) is 0 Å². The lowest BCUT2D eigenvalue weighted by molar-refractivity contribution is -0.121. The highest BCUT2D eigenvalue weighted by Gasteiger charge is 2.05. The molecule has 1 unspecified atom stereocenters. The molecule has 0 fully saturated rings. The predicted octanol–water partition coefficient (Wildman–Crippen LogP) is 2.49. The number of rotatable bonds is 7. The van der Waals surface area contributed by atoms with Crippen LogP contribution in [0.2, 0.25) is 10.0 Å². The van der Waals surface area contributed by atoms with Crippen molar-refractivity contribution < 1.29 is 9.53 Å². The van der Waals surface area contributed by atoms with Gasteiger partial charge >= 0.3 is 0 Å². The number of hydrogen-bond acceptors (Lipinski definition) is 3. The zero-order valence-electron chi connectivity index (χ0n) is 11.0. The van der Waals surface area contributed by atoms with Gasteiger partial charge in [0.15, 0.2) is 0 Å². The van der Waals surface area contributed by atoms with E-state index in [9.17, 15) is 4.79 Å². The molecule has 0 heterocycles. The van der Waals surface area contributed by atoms with Crippen LogP contribution in [0.5, 0.6) is 5.75 Å². The van der Waals surface area contributed by atoms with E-state index in [-0.39, 0.29) is 11.9 Å². The van der Waals surface area contributed by atoms with Crippen molar-refractivity contribution in [2.75, 3.05) is 20.2 Å². The van der Waals surface area contributed by atoms with Gasteiger partial charge in [0.1, 0.15) is 5.75 Å². The molecule has 0 aromatic heterocycles. The van der Waals surface area contributed by atoms with Crippen LogP contribution in [0.3, 0.4) is 0 Å². The first-order valence-electron chi connectivity index (χ1n) is 6.04. The summed E-state index contributed by atoms with van der Waals surface area (Å²) in [6.45, 7) is 2.90. The van der Waals surface area contributed by atoms with Crippen LogP contribution in [0.1, 0.15) is 13.3 Å². The van der Waals surface area contributed by atoms with Crippen LogP contribution in [0, 0.1) is 0 Å². The highest BCUT2D eigenvalue weighted by Crippen LogP contribution is 2.26. The minimum atomic E-state index is -0.0397. The van der Waals surface area contributed by atoms with Gasteiger partial charge in [-0.2, -0.15) is 0 Å². The van der Waals surface area contributed by atoms with Gasteiger partial charge in [0, 0.05) is 18.7 Å². The topological polar surface area (TPSA) is 50.4 Å². The predicted molar refractivity (Wildman–Crippen MR) is 78.1 cm³/mol. The number of carbonyl (C=O) groups excluding carboxylic acids is 1. The van der Waals surface area contributed by atoms with E-state index in [1.54, 1.807) is 18.2 Å². The van der Waals surface area contributed by atoms with Gasteiger partial charge in [0.25, 0.3) is 0 Å². The first-order chi connectivity index (χ1) is 9.02. The molecule has 0 aliphatic carbocycles. The van der Waals surface area contributed by atoms with Crippen LogP contribution >= 0.6 is 23.2 Å². The lowest BCUT2D eigenvalue weighted by Gasteiger charge is -2.11. The standard InChI is InChI=1S/C13H18Cl2N2O2/c1-9(16-2)8-17-13(18)5-6-19-10-3-4-11(14)12(15)7-10/h3-4,7,9,16H,5-6,8H2,1-2H3,(H,17,18). The number of likely N-dealkylation sites (N-methyl/N-ethyl adjacent to an activating group) is 1. The van der Waals surface area contributed by atoms with Gasteiger partial charge in [-0.3, -0.25) is 4.79 Å². The van der Waals surface area contributed by atoms with Gasteiger partial charge in [0.05, 0.1) is 23.1 Å². The van der Waals surface area contributed by atoms with E-state index in [1.807, 2.05) is 14.0 Å². The first-order valence-corrected chi connectivity index (χ1v) is 6.80. The molecule has 0 spiro atoms. The second-order valence-electron chi connectivity index (χ2n) is 4.17. The first kappa shape index (κ1) is 16.1. The molecule has 106 valence electrons. The Hall–Kier alpha value is -0.970. The van der Waals surface area contributed by atoms with E-state index in [0.29, 0.717) is 35.4 Å². The molecular weight excluding hydrogens is 287 g/mol. The molecule has 1 atom stereocenters. The van der Waals surface area contributed by atoms with Gasteiger partial charge in [0.2, 0.25) is 5.91 Å². The van der Waals surface area contributed by atoms with Crippen molar-refractivity contribution in [3.8, 4) is 5.75 Å².